The summed E-state index contributed by atoms with van der Waals surface area (Å²) in [6.45, 7) is 54.1. The van der Waals surface area contributed by atoms with Crippen molar-refractivity contribution >= 4 is 59.9 Å². The van der Waals surface area contributed by atoms with Crippen molar-refractivity contribution in [3.8, 4) is 0 Å². The Kier molecular flexibility index (Phi) is 39.5. The minimum Gasteiger partial charge on any atom is -0.395 e. The molecule has 71 heavy (non-hydrogen) atoms. The van der Waals surface area contributed by atoms with E-state index in [-0.39, 0.29) is 0 Å². The molecule has 0 saturated heterocycles. The van der Waals surface area contributed by atoms with E-state index < -0.39 is 59.9 Å². The van der Waals surface area contributed by atoms with Gasteiger partial charge in [0.15, 0.2) is 0 Å². The summed E-state index contributed by atoms with van der Waals surface area (Å²) in [6, 6.07) is 4.65. The van der Waals surface area contributed by atoms with Gasteiger partial charge in [0, 0.05) is 39.6 Å². The SMILES string of the molecule is C=CCO[Si](C)(CCCO[Si](C)(CCCO[Si](C)(C)OCCC[Si](C)(OCCC[Si](C)(OCC=C)OCC=C)OCCC[Si](C)(OCC=C)OCC=C)OCCC[Si](C)(OCC=C)OCC=C)OCC=C. The highest BCUT2D eigenvalue weighted by Crippen LogP contribution is 2.26. The molecular weight excluding hydrogens is 1020 g/mol. The smallest absolute Gasteiger partial charge is 0.335 e. The van der Waals surface area contributed by atoms with Gasteiger partial charge in [0.25, 0.3) is 0 Å². The van der Waals surface area contributed by atoms with Crippen LogP contribution in [-0.2, 0) is 62.0 Å². The molecule has 0 rings (SSSR count). The van der Waals surface area contributed by atoms with Crippen LogP contribution in [0.5, 0.6) is 0 Å². The molecule has 0 aliphatic rings. The fraction of sp³-hybridized carbons (Fsp3) is 0.680. The molecule has 0 aliphatic carbocycles. The summed E-state index contributed by atoms with van der Waals surface area (Å²) >= 11 is 0. The van der Waals surface area contributed by atoms with E-state index in [0.717, 1.165) is 74.8 Å². The second-order valence-corrected chi connectivity index (χ2v) is 42.2. The zero-order valence-electron chi connectivity index (χ0n) is 45.9. The van der Waals surface area contributed by atoms with E-state index in [1.165, 1.54) is 0 Å². The normalized spacial score (nSPS) is 13.0. The molecule has 0 aliphatic heterocycles. The third-order valence-electron chi connectivity index (χ3n) is 11.2. The van der Waals surface area contributed by atoms with Gasteiger partial charge in [0.2, 0.25) is 0 Å². The van der Waals surface area contributed by atoms with Gasteiger partial charge in [0.05, 0.1) is 52.9 Å². The quantitative estimate of drug-likeness (QED) is 0.0325. The molecule has 0 saturated carbocycles. The first-order valence-corrected chi connectivity index (χ1v) is 43.5. The summed E-state index contributed by atoms with van der Waals surface area (Å²) in [5.41, 5.74) is 0. The van der Waals surface area contributed by atoms with Gasteiger partial charge in [-0.05, 0) is 127 Å². The highest BCUT2D eigenvalue weighted by Gasteiger charge is 2.38. The summed E-state index contributed by atoms with van der Waals surface area (Å²) in [4.78, 5) is 0. The van der Waals surface area contributed by atoms with Crippen molar-refractivity contribution in [3.63, 3.8) is 0 Å². The van der Waals surface area contributed by atoms with Crippen LogP contribution in [-0.4, -0.2) is 152 Å². The van der Waals surface area contributed by atoms with Crippen LogP contribution in [0, 0.1) is 0 Å². The van der Waals surface area contributed by atoms with Crippen LogP contribution in [0.3, 0.4) is 0 Å². The maximum absolute atomic E-state index is 6.68. The number of rotatable bonds is 54. The van der Waals surface area contributed by atoms with E-state index in [2.05, 4.69) is 105 Å². The molecule has 0 N–H and O–H groups in total. The van der Waals surface area contributed by atoms with Crippen molar-refractivity contribution in [1.82, 2.24) is 0 Å². The maximum Gasteiger partial charge on any atom is 0.335 e. The van der Waals surface area contributed by atoms with Gasteiger partial charge in [-0.1, -0.05) is 48.6 Å². The summed E-state index contributed by atoms with van der Waals surface area (Å²) in [7, 11) is -17.5. The van der Waals surface area contributed by atoms with Gasteiger partial charge in [-0.25, -0.2) is 0 Å². The topological polar surface area (TPSA) is 129 Å². The zero-order valence-corrected chi connectivity index (χ0v) is 52.9. The fourth-order valence-electron chi connectivity index (χ4n) is 7.19. The molecule has 0 atom stereocenters. The monoisotopic (exact) mass is 1120 g/mol. The lowest BCUT2D eigenvalue weighted by atomic mass is 10.5. The molecular formula is C50H100O14Si7. The van der Waals surface area contributed by atoms with Crippen LogP contribution < -0.4 is 0 Å². The first kappa shape index (κ1) is 69.9. The Morgan fingerprint density at radius 1 is 0.225 bits per heavy atom. The van der Waals surface area contributed by atoms with Gasteiger partial charge in [0.1, 0.15) is 0 Å². The zero-order chi connectivity index (χ0) is 53.4. The summed E-state index contributed by atoms with van der Waals surface area (Å²) < 4.78 is 88.8. The molecule has 0 radical (unpaired) electrons. The van der Waals surface area contributed by atoms with Crippen LogP contribution in [0.2, 0.25) is 88.6 Å². The minimum atomic E-state index is -2.63. The Morgan fingerprint density at radius 3 is 0.521 bits per heavy atom. The molecule has 0 aromatic carbocycles. The van der Waals surface area contributed by atoms with Gasteiger partial charge in [-0.15, -0.1) is 52.6 Å². The van der Waals surface area contributed by atoms with E-state index in [4.69, 9.17) is 62.0 Å². The highest BCUT2D eigenvalue weighted by atomic mass is 28.4. The molecule has 0 aromatic heterocycles. The van der Waals surface area contributed by atoms with Crippen molar-refractivity contribution in [2.24, 2.45) is 0 Å². The summed E-state index contributed by atoms with van der Waals surface area (Å²) in [6.07, 6.45) is 18.8. The molecule has 21 heteroatoms. The third-order valence-corrected chi connectivity index (χ3v) is 30.1. The van der Waals surface area contributed by atoms with Crippen molar-refractivity contribution < 1.29 is 62.0 Å². The second kappa shape index (κ2) is 40.2. The second-order valence-electron chi connectivity index (χ2n) is 18.7. The highest BCUT2D eigenvalue weighted by molar-refractivity contribution is 6.68. The molecule has 0 bridgehead atoms. The van der Waals surface area contributed by atoms with Crippen molar-refractivity contribution in [2.75, 3.05) is 92.5 Å². The molecule has 0 spiro atoms. The van der Waals surface area contributed by atoms with Crippen molar-refractivity contribution in [3.05, 3.63) is 101 Å². The number of hydrogen-bond donors (Lipinski definition) is 0. The van der Waals surface area contributed by atoms with Crippen LogP contribution >= 0.6 is 0 Å². The molecule has 0 amide bonds. The molecule has 412 valence electrons. The van der Waals surface area contributed by atoms with Gasteiger partial charge < -0.3 is 62.0 Å². The van der Waals surface area contributed by atoms with E-state index in [0.29, 0.717) is 92.5 Å². The largest absolute Gasteiger partial charge is 0.395 e. The van der Waals surface area contributed by atoms with Gasteiger partial charge in [-0.3, -0.25) is 0 Å². The fourth-order valence-corrected chi connectivity index (χ4v) is 21.6. The van der Waals surface area contributed by atoms with E-state index in [9.17, 15) is 0 Å². The van der Waals surface area contributed by atoms with Crippen LogP contribution in [0.15, 0.2) is 101 Å². The Labute approximate surface area is 440 Å². The van der Waals surface area contributed by atoms with E-state index in [1.807, 2.05) is 0 Å². The summed E-state index contributed by atoms with van der Waals surface area (Å²) in [5.74, 6) is 0. The lowest BCUT2D eigenvalue weighted by Gasteiger charge is -2.31. The Hall–Kier alpha value is -1.12. The van der Waals surface area contributed by atoms with Crippen LogP contribution in [0.4, 0.5) is 0 Å². The van der Waals surface area contributed by atoms with Gasteiger partial charge >= 0.3 is 59.9 Å². The number of hydrogen-bond acceptors (Lipinski definition) is 14. The van der Waals surface area contributed by atoms with Gasteiger partial charge in [-0.2, -0.15) is 0 Å². The Bertz CT molecular complexity index is 1240. The molecule has 14 nitrogen and oxygen atoms in total. The molecule has 0 unspecified atom stereocenters. The molecule has 0 fully saturated rings. The minimum absolute atomic E-state index is 0.447. The average Bonchev–Trinajstić information content (AvgIpc) is 3.35. The van der Waals surface area contributed by atoms with Crippen molar-refractivity contribution in [2.45, 2.75) is 127 Å². The standard InChI is InChI=1S/C50H100O14Si7/c1-17-31-53-66(11,54-32-18-2)47-27-41-61-70(15,62-42-28-48-67(12,55-33-19-3)56-34-20-4)45-25-39-51-65(9,10)52-40-26-46-71(16,63-43-29-49-68(13,57-35-21-5)58-36-22-6)64-44-30-50-69(14,59-37-23-7)60-38-24-8/h17-24H,1-8,25-50H2,9-16H3. The first-order chi connectivity index (χ1) is 33.7. The predicted octanol–water partition coefficient (Wildman–Crippen LogP) is 12.2. The predicted molar refractivity (Wildman–Crippen MR) is 309 cm³/mol. The Morgan fingerprint density at radius 2 is 0.366 bits per heavy atom. The third kappa shape index (κ3) is 35.7. The van der Waals surface area contributed by atoms with E-state index >= 15 is 0 Å². The molecule has 0 heterocycles. The summed E-state index contributed by atoms with van der Waals surface area (Å²) in [5, 5.41) is 0. The molecule has 0 aromatic rings. The lowest BCUT2D eigenvalue weighted by Crippen LogP contribution is -2.43. The Balaban J connectivity index is 5.71. The maximum atomic E-state index is 6.68. The van der Waals surface area contributed by atoms with Crippen molar-refractivity contribution in [1.29, 1.82) is 0 Å². The van der Waals surface area contributed by atoms with Crippen LogP contribution in [0.25, 0.3) is 0 Å². The lowest BCUT2D eigenvalue weighted by molar-refractivity contribution is 0.151. The average molecular weight is 1120 g/mol. The first-order valence-electron chi connectivity index (χ1n) is 25.6. The van der Waals surface area contributed by atoms with E-state index in [1.54, 1.807) is 48.6 Å². The van der Waals surface area contributed by atoms with Crippen LogP contribution in [0.1, 0.15) is 38.5 Å².